The Balaban J connectivity index is 1.45. The Morgan fingerprint density at radius 1 is 0.968 bits per heavy atom. The SMILES string of the molecule is C[C@@H]1CCCCN1CC(=O)N1N=C(c2ccc3ccccc3c2)C[C@@H]1c1ccccc1. The van der Waals surface area contributed by atoms with E-state index in [1.807, 2.05) is 18.2 Å². The third-order valence-electron chi connectivity index (χ3n) is 6.71. The van der Waals surface area contributed by atoms with Crippen LogP contribution >= 0.6 is 0 Å². The second-order valence-electron chi connectivity index (χ2n) is 8.79. The van der Waals surface area contributed by atoms with Gasteiger partial charge in [-0.1, -0.05) is 73.2 Å². The Kier molecular flexibility index (Phi) is 5.56. The predicted octanol–water partition coefficient (Wildman–Crippen LogP) is 5.39. The molecule has 1 amide bonds. The number of amides is 1. The second-order valence-corrected chi connectivity index (χ2v) is 8.79. The quantitative estimate of drug-likeness (QED) is 0.577. The van der Waals surface area contributed by atoms with E-state index in [-0.39, 0.29) is 11.9 Å². The van der Waals surface area contributed by atoms with Gasteiger partial charge in [0.15, 0.2) is 0 Å². The molecule has 4 heteroatoms. The Hall–Kier alpha value is -2.98. The van der Waals surface area contributed by atoms with Crippen LogP contribution in [0.25, 0.3) is 10.8 Å². The molecule has 0 aromatic heterocycles. The normalized spacial score (nSPS) is 22.0. The van der Waals surface area contributed by atoms with Gasteiger partial charge in [0, 0.05) is 12.5 Å². The lowest BCUT2D eigenvalue weighted by Gasteiger charge is -2.34. The minimum atomic E-state index is -0.0460. The molecule has 0 aliphatic carbocycles. The highest BCUT2D eigenvalue weighted by Gasteiger charge is 2.34. The van der Waals surface area contributed by atoms with Crippen molar-refractivity contribution in [2.75, 3.05) is 13.1 Å². The summed E-state index contributed by atoms with van der Waals surface area (Å²) < 4.78 is 0. The van der Waals surface area contributed by atoms with Gasteiger partial charge < -0.3 is 0 Å². The van der Waals surface area contributed by atoms with Gasteiger partial charge in [0.2, 0.25) is 0 Å². The van der Waals surface area contributed by atoms with Gasteiger partial charge in [0.25, 0.3) is 5.91 Å². The molecule has 5 rings (SSSR count). The van der Waals surface area contributed by atoms with Gasteiger partial charge in [0.1, 0.15) is 0 Å². The van der Waals surface area contributed by atoms with Gasteiger partial charge in [-0.25, -0.2) is 5.01 Å². The van der Waals surface area contributed by atoms with Crippen molar-refractivity contribution < 1.29 is 4.79 Å². The van der Waals surface area contributed by atoms with Crippen LogP contribution in [0.5, 0.6) is 0 Å². The van der Waals surface area contributed by atoms with E-state index in [2.05, 4.69) is 66.4 Å². The van der Waals surface area contributed by atoms with E-state index in [1.54, 1.807) is 5.01 Å². The Bertz CT molecular complexity index is 1110. The average molecular weight is 412 g/mol. The first-order valence-corrected chi connectivity index (χ1v) is 11.4. The summed E-state index contributed by atoms with van der Waals surface area (Å²) in [4.78, 5) is 15.7. The average Bonchev–Trinajstić information content (AvgIpc) is 3.27. The van der Waals surface area contributed by atoms with E-state index in [4.69, 9.17) is 5.10 Å². The molecule has 0 radical (unpaired) electrons. The van der Waals surface area contributed by atoms with Crippen LogP contribution in [0.15, 0.2) is 77.9 Å². The first kappa shape index (κ1) is 20.0. The molecular formula is C27H29N3O. The molecule has 0 spiro atoms. The van der Waals surface area contributed by atoms with Crippen molar-refractivity contribution in [1.82, 2.24) is 9.91 Å². The Labute approximate surface area is 184 Å². The zero-order valence-electron chi connectivity index (χ0n) is 18.1. The Morgan fingerprint density at radius 3 is 2.55 bits per heavy atom. The van der Waals surface area contributed by atoms with E-state index >= 15 is 0 Å². The molecule has 1 fully saturated rings. The third-order valence-corrected chi connectivity index (χ3v) is 6.71. The number of fused-ring (bicyclic) bond motifs is 1. The molecule has 2 atom stereocenters. The first-order valence-electron chi connectivity index (χ1n) is 11.4. The molecule has 2 heterocycles. The van der Waals surface area contributed by atoms with Crippen LogP contribution in [0.2, 0.25) is 0 Å². The van der Waals surface area contributed by atoms with Crippen LogP contribution in [0.1, 0.15) is 49.8 Å². The lowest BCUT2D eigenvalue weighted by atomic mass is 9.97. The van der Waals surface area contributed by atoms with Crippen LogP contribution in [-0.4, -0.2) is 40.7 Å². The summed E-state index contributed by atoms with van der Waals surface area (Å²) in [6.07, 6.45) is 4.34. The van der Waals surface area contributed by atoms with Gasteiger partial charge in [-0.3, -0.25) is 9.69 Å². The number of hydrazone groups is 1. The molecule has 4 nitrogen and oxygen atoms in total. The maximum atomic E-state index is 13.4. The van der Waals surface area contributed by atoms with Gasteiger partial charge in [-0.2, -0.15) is 5.10 Å². The predicted molar refractivity (Wildman–Crippen MR) is 126 cm³/mol. The van der Waals surface area contributed by atoms with Crippen LogP contribution in [0.3, 0.4) is 0 Å². The number of hydrogen-bond acceptors (Lipinski definition) is 3. The van der Waals surface area contributed by atoms with Crippen molar-refractivity contribution in [2.24, 2.45) is 5.10 Å². The van der Waals surface area contributed by atoms with Crippen molar-refractivity contribution in [3.63, 3.8) is 0 Å². The molecule has 2 aliphatic heterocycles. The molecule has 3 aromatic rings. The van der Waals surface area contributed by atoms with E-state index in [0.29, 0.717) is 12.6 Å². The minimum absolute atomic E-state index is 0.0460. The molecule has 158 valence electrons. The van der Waals surface area contributed by atoms with Crippen LogP contribution in [0, 0.1) is 0 Å². The number of hydrogen-bond donors (Lipinski definition) is 0. The first-order chi connectivity index (χ1) is 15.2. The maximum Gasteiger partial charge on any atom is 0.257 e. The van der Waals surface area contributed by atoms with Gasteiger partial charge in [-0.15, -0.1) is 0 Å². The molecule has 0 unspecified atom stereocenters. The van der Waals surface area contributed by atoms with Crippen molar-refractivity contribution in [3.05, 3.63) is 83.9 Å². The highest BCUT2D eigenvalue weighted by Crippen LogP contribution is 2.33. The van der Waals surface area contributed by atoms with Crippen molar-refractivity contribution in [1.29, 1.82) is 0 Å². The number of piperidine rings is 1. The Morgan fingerprint density at radius 2 is 1.74 bits per heavy atom. The molecule has 2 aliphatic rings. The number of benzene rings is 3. The summed E-state index contributed by atoms with van der Waals surface area (Å²) in [6.45, 7) is 3.67. The summed E-state index contributed by atoms with van der Waals surface area (Å²) in [5.74, 6) is 0.0957. The summed E-state index contributed by atoms with van der Waals surface area (Å²) >= 11 is 0. The summed E-state index contributed by atoms with van der Waals surface area (Å²) in [5.41, 5.74) is 3.23. The molecule has 0 saturated carbocycles. The largest absolute Gasteiger partial charge is 0.292 e. The number of carbonyl (C=O) groups is 1. The summed E-state index contributed by atoms with van der Waals surface area (Å²) in [5, 5.41) is 9.06. The highest BCUT2D eigenvalue weighted by molar-refractivity contribution is 6.05. The standard InChI is InChI=1S/C27H29N3O/c1-20-9-7-8-16-29(20)19-27(31)30-26(22-11-3-2-4-12-22)18-25(28-30)24-15-14-21-10-5-6-13-23(21)17-24/h2-6,10-15,17,20,26H,7-9,16,18-19H2,1H3/t20-,26-/m1/s1. The number of likely N-dealkylation sites (tertiary alicyclic amines) is 1. The van der Waals surface area contributed by atoms with Crippen LogP contribution < -0.4 is 0 Å². The second kappa shape index (κ2) is 8.64. The molecule has 0 N–H and O–H groups in total. The smallest absolute Gasteiger partial charge is 0.257 e. The molecule has 0 bridgehead atoms. The van der Waals surface area contributed by atoms with Gasteiger partial charge in [0.05, 0.1) is 18.3 Å². The highest BCUT2D eigenvalue weighted by atomic mass is 16.2. The summed E-state index contributed by atoms with van der Waals surface area (Å²) in [6, 6.07) is 25.6. The molecule has 3 aromatic carbocycles. The molecule has 31 heavy (non-hydrogen) atoms. The van der Waals surface area contributed by atoms with Gasteiger partial charge >= 0.3 is 0 Å². The zero-order valence-corrected chi connectivity index (χ0v) is 18.1. The number of rotatable bonds is 4. The fourth-order valence-electron chi connectivity index (χ4n) is 4.86. The minimum Gasteiger partial charge on any atom is -0.292 e. The lowest BCUT2D eigenvalue weighted by Crippen LogP contribution is -2.44. The fourth-order valence-corrected chi connectivity index (χ4v) is 4.86. The maximum absolute atomic E-state index is 13.4. The van der Waals surface area contributed by atoms with Crippen molar-refractivity contribution in [2.45, 2.75) is 44.7 Å². The van der Waals surface area contributed by atoms with Crippen molar-refractivity contribution >= 4 is 22.4 Å². The molecule has 1 saturated heterocycles. The molecular weight excluding hydrogens is 382 g/mol. The van der Waals surface area contributed by atoms with E-state index in [9.17, 15) is 4.79 Å². The lowest BCUT2D eigenvalue weighted by molar-refractivity contribution is -0.135. The van der Waals surface area contributed by atoms with E-state index in [0.717, 1.165) is 29.8 Å². The van der Waals surface area contributed by atoms with Crippen molar-refractivity contribution in [3.8, 4) is 0 Å². The van der Waals surface area contributed by atoms with E-state index < -0.39 is 0 Å². The summed E-state index contributed by atoms with van der Waals surface area (Å²) in [7, 11) is 0. The number of carbonyl (C=O) groups excluding carboxylic acids is 1. The topological polar surface area (TPSA) is 35.9 Å². The zero-order chi connectivity index (χ0) is 21.2. The monoisotopic (exact) mass is 411 g/mol. The third kappa shape index (κ3) is 4.13. The van der Waals surface area contributed by atoms with Crippen LogP contribution in [-0.2, 0) is 4.79 Å². The van der Waals surface area contributed by atoms with Gasteiger partial charge in [-0.05, 0) is 54.3 Å². The number of nitrogens with zero attached hydrogens (tertiary/aromatic N) is 3. The van der Waals surface area contributed by atoms with E-state index in [1.165, 1.54) is 30.0 Å². The van der Waals surface area contributed by atoms with Crippen LogP contribution in [0.4, 0.5) is 0 Å². The fraction of sp³-hybridized carbons (Fsp3) is 0.333.